The second-order valence-electron chi connectivity index (χ2n) is 7.34. The van der Waals surface area contributed by atoms with Crippen LogP contribution < -0.4 is 4.74 Å². The molecule has 2 aromatic carbocycles. The monoisotopic (exact) mass is 322 g/mol. The topological polar surface area (TPSA) is 46.5 Å². The van der Waals surface area contributed by atoms with Crippen LogP contribution in [0, 0.1) is 11.8 Å². The van der Waals surface area contributed by atoms with Gasteiger partial charge in [-0.2, -0.15) is 0 Å². The number of benzene rings is 2. The van der Waals surface area contributed by atoms with Crippen molar-refractivity contribution in [1.82, 2.24) is 0 Å². The smallest absolute Gasteiger partial charge is 0.192 e. The average Bonchev–Trinajstić information content (AvgIpc) is 2.95. The van der Waals surface area contributed by atoms with Gasteiger partial charge in [-0.3, -0.25) is 4.79 Å². The summed E-state index contributed by atoms with van der Waals surface area (Å²) in [5.74, 6) is 0.723. The Morgan fingerprint density at radius 1 is 1.12 bits per heavy atom. The fourth-order valence-corrected chi connectivity index (χ4v) is 4.56. The lowest BCUT2D eigenvalue weighted by atomic mass is 9.71. The molecule has 0 unspecified atom stereocenters. The fourth-order valence-electron chi connectivity index (χ4n) is 4.56. The Morgan fingerprint density at radius 2 is 1.79 bits per heavy atom. The van der Waals surface area contributed by atoms with E-state index in [0.717, 1.165) is 5.56 Å². The average molecular weight is 322 g/mol. The summed E-state index contributed by atoms with van der Waals surface area (Å²) in [7, 11) is 0. The second kappa shape index (κ2) is 5.18. The zero-order valence-corrected chi connectivity index (χ0v) is 14.0. The molecule has 0 amide bonds. The summed E-state index contributed by atoms with van der Waals surface area (Å²) in [6.07, 6.45) is 0.878. The van der Waals surface area contributed by atoms with Crippen molar-refractivity contribution in [3.63, 3.8) is 0 Å². The number of hydrogen-bond donors (Lipinski definition) is 1. The van der Waals surface area contributed by atoms with E-state index in [1.807, 2.05) is 54.6 Å². The van der Waals surface area contributed by atoms with E-state index in [4.69, 9.17) is 4.74 Å². The standard InChI is InChI=1S/C21H22O3/c1-14(2)17-12-19(22)21(23)16-10-6-7-11-18(16)24-20(17,21)13-15-8-4-3-5-9-15/h3-11,14,17,23H,12-13H2,1-2H3/t17-,20+,21+/m1/s1. The summed E-state index contributed by atoms with van der Waals surface area (Å²) < 4.78 is 6.40. The van der Waals surface area contributed by atoms with Crippen molar-refractivity contribution < 1.29 is 14.6 Å². The van der Waals surface area contributed by atoms with Gasteiger partial charge in [0.25, 0.3) is 0 Å². The molecule has 4 rings (SSSR count). The molecule has 0 spiro atoms. The molecule has 1 N–H and O–H groups in total. The molecule has 2 aliphatic rings. The summed E-state index contributed by atoms with van der Waals surface area (Å²) in [5.41, 5.74) is -0.796. The van der Waals surface area contributed by atoms with Gasteiger partial charge < -0.3 is 9.84 Å². The predicted molar refractivity (Wildman–Crippen MR) is 91.8 cm³/mol. The van der Waals surface area contributed by atoms with Gasteiger partial charge in [0.15, 0.2) is 17.0 Å². The summed E-state index contributed by atoms with van der Waals surface area (Å²) in [6.45, 7) is 4.20. The number of para-hydroxylation sites is 1. The number of rotatable bonds is 3. The first-order valence-electron chi connectivity index (χ1n) is 8.57. The van der Waals surface area contributed by atoms with Crippen molar-refractivity contribution in [1.29, 1.82) is 0 Å². The van der Waals surface area contributed by atoms with E-state index in [0.29, 0.717) is 24.2 Å². The molecule has 2 aromatic rings. The summed E-state index contributed by atoms with van der Waals surface area (Å²) in [6, 6.07) is 17.4. The summed E-state index contributed by atoms with van der Waals surface area (Å²) in [5, 5.41) is 11.6. The van der Waals surface area contributed by atoms with Crippen LogP contribution in [0.2, 0.25) is 0 Å². The molecule has 0 saturated heterocycles. The van der Waals surface area contributed by atoms with Gasteiger partial charge in [0.05, 0.1) is 0 Å². The lowest BCUT2D eigenvalue weighted by Crippen LogP contribution is -2.56. The van der Waals surface area contributed by atoms with Gasteiger partial charge in [0.1, 0.15) is 5.75 Å². The lowest BCUT2D eigenvalue weighted by molar-refractivity contribution is -0.152. The molecule has 1 aliphatic carbocycles. The molecule has 3 heteroatoms. The predicted octanol–water partition coefficient (Wildman–Crippen LogP) is 3.49. The highest BCUT2D eigenvalue weighted by Gasteiger charge is 2.71. The zero-order valence-electron chi connectivity index (χ0n) is 14.0. The van der Waals surface area contributed by atoms with E-state index >= 15 is 0 Å². The molecular weight excluding hydrogens is 300 g/mol. The van der Waals surface area contributed by atoms with Crippen LogP contribution in [-0.4, -0.2) is 16.5 Å². The first kappa shape index (κ1) is 15.4. The van der Waals surface area contributed by atoms with E-state index < -0.39 is 11.2 Å². The number of ketones is 1. The third kappa shape index (κ3) is 1.85. The quantitative estimate of drug-likeness (QED) is 0.941. The first-order valence-corrected chi connectivity index (χ1v) is 8.57. The maximum atomic E-state index is 12.9. The summed E-state index contributed by atoms with van der Waals surface area (Å²) >= 11 is 0. The lowest BCUT2D eigenvalue weighted by Gasteiger charge is -2.40. The molecule has 24 heavy (non-hydrogen) atoms. The van der Waals surface area contributed by atoms with Gasteiger partial charge in [-0.1, -0.05) is 62.4 Å². The SMILES string of the molecule is CC(C)[C@H]1CC(=O)[C@@]2(O)c3ccccc3O[C@@]12Cc1ccccc1. The van der Waals surface area contributed by atoms with Gasteiger partial charge >= 0.3 is 0 Å². The number of carbonyl (C=O) groups excluding carboxylic acids is 1. The van der Waals surface area contributed by atoms with Gasteiger partial charge in [-0.05, 0) is 17.5 Å². The van der Waals surface area contributed by atoms with Crippen molar-refractivity contribution in [2.45, 2.75) is 37.9 Å². The minimum Gasteiger partial charge on any atom is -0.482 e. The van der Waals surface area contributed by atoms with Crippen molar-refractivity contribution in [2.24, 2.45) is 11.8 Å². The molecule has 0 radical (unpaired) electrons. The normalized spacial score (nSPS) is 31.0. The van der Waals surface area contributed by atoms with Crippen molar-refractivity contribution in [3.8, 4) is 5.75 Å². The molecule has 1 fully saturated rings. The third-order valence-corrected chi connectivity index (χ3v) is 5.70. The van der Waals surface area contributed by atoms with Crippen LogP contribution in [0.4, 0.5) is 0 Å². The van der Waals surface area contributed by atoms with Crippen LogP contribution in [0.5, 0.6) is 5.75 Å². The Kier molecular flexibility index (Phi) is 3.33. The van der Waals surface area contributed by atoms with E-state index in [1.165, 1.54) is 0 Å². The van der Waals surface area contributed by atoms with Crippen LogP contribution in [0.25, 0.3) is 0 Å². The highest BCUT2D eigenvalue weighted by molar-refractivity contribution is 5.95. The highest BCUT2D eigenvalue weighted by Crippen LogP contribution is 2.60. The summed E-state index contributed by atoms with van der Waals surface area (Å²) in [4.78, 5) is 12.9. The first-order chi connectivity index (χ1) is 11.5. The molecule has 124 valence electrons. The molecule has 3 nitrogen and oxygen atoms in total. The van der Waals surface area contributed by atoms with Gasteiger partial charge in [-0.25, -0.2) is 0 Å². The number of aliphatic hydroxyl groups is 1. The molecule has 0 aromatic heterocycles. The number of carbonyl (C=O) groups is 1. The zero-order chi connectivity index (χ0) is 16.9. The Bertz CT molecular complexity index is 783. The van der Waals surface area contributed by atoms with Crippen LogP contribution in [0.1, 0.15) is 31.4 Å². The van der Waals surface area contributed by atoms with Crippen LogP contribution in [0.3, 0.4) is 0 Å². The maximum Gasteiger partial charge on any atom is 0.192 e. The molecule has 1 saturated carbocycles. The van der Waals surface area contributed by atoms with Gasteiger partial charge in [0, 0.05) is 24.3 Å². The molecule has 3 atom stereocenters. The minimum absolute atomic E-state index is 0.0254. The fraction of sp³-hybridized carbons (Fsp3) is 0.381. The third-order valence-electron chi connectivity index (χ3n) is 5.70. The maximum absolute atomic E-state index is 12.9. The molecule has 1 heterocycles. The molecule has 1 aliphatic heterocycles. The highest BCUT2D eigenvalue weighted by atomic mass is 16.5. The molecular formula is C21H22O3. The van der Waals surface area contributed by atoms with E-state index in [2.05, 4.69) is 13.8 Å². The van der Waals surface area contributed by atoms with E-state index in [1.54, 1.807) is 0 Å². The van der Waals surface area contributed by atoms with Crippen molar-refractivity contribution in [2.75, 3.05) is 0 Å². The Morgan fingerprint density at radius 3 is 2.50 bits per heavy atom. The van der Waals surface area contributed by atoms with Gasteiger partial charge in [-0.15, -0.1) is 0 Å². The van der Waals surface area contributed by atoms with Crippen LogP contribution in [0.15, 0.2) is 54.6 Å². The Balaban J connectivity index is 1.90. The number of fused-ring (bicyclic) bond motifs is 3. The van der Waals surface area contributed by atoms with Crippen molar-refractivity contribution in [3.05, 3.63) is 65.7 Å². The van der Waals surface area contributed by atoms with E-state index in [-0.39, 0.29) is 17.6 Å². The Hall–Kier alpha value is -2.13. The molecule has 0 bridgehead atoms. The number of ether oxygens (including phenoxy) is 1. The van der Waals surface area contributed by atoms with E-state index in [9.17, 15) is 9.90 Å². The Labute approximate surface area is 142 Å². The van der Waals surface area contributed by atoms with Crippen molar-refractivity contribution >= 4 is 5.78 Å². The van der Waals surface area contributed by atoms with Crippen LogP contribution in [-0.2, 0) is 16.8 Å². The largest absolute Gasteiger partial charge is 0.482 e. The minimum atomic E-state index is -1.56. The van der Waals surface area contributed by atoms with Gasteiger partial charge in [0.2, 0.25) is 0 Å². The number of hydrogen-bond acceptors (Lipinski definition) is 3. The second-order valence-corrected chi connectivity index (χ2v) is 7.34. The van der Waals surface area contributed by atoms with Crippen LogP contribution >= 0.6 is 0 Å². The number of Topliss-reactive ketones (excluding diaryl/α,β-unsaturated/α-hetero) is 1.